The Morgan fingerprint density at radius 1 is 1.06 bits per heavy atom. The fourth-order valence-corrected chi connectivity index (χ4v) is 5.42. The van der Waals surface area contributed by atoms with Crippen molar-refractivity contribution < 1.29 is 18.9 Å². The van der Waals surface area contributed by atoms with E-state index in [4.69, 9.17) is 18.9 Å². The molecule has 0 radical (unpaired) electrons. The van der Waals surface area contributed by atoms with Crippen LogP contribution in [0.3, 0.4) is 0 Å². The summed E-state index contributed by atoms with van der Waals surface area (Å²) in [7, 11) is 1.74. The Hall–Kier alpha value is -2.20. The second kappa shape index (κ2) is 11.3. The van der Waals surface area contributed by atoms with Crippen molar-refractivity contribution in [3.8, 4) is 11.5 Å². The Morgan fingerprint density at radius 2 is 1.85 bits per heavy atom. The lowest BCUT2D eigenvalue weighted by molar-refractivity contribution is 0.0635. The molecule has 1 saturated carbocycles. The summed E-state index contributed by atoms with van der Waals surface area (Å²) in [6.07, 6.45) is 14.2. The van der Waals surface area contributed by atoms with Crippen molar-refractivity contribution in [3.63, 3.8) is 0 Å². The lowest BCUT2D eigenvalue weighted by Crippen LogP contribution is -2.39. The van der Waals surface area contributed by atoms with Crippen molar-refractivity contribution in [3.05, 3.63) is 59.4 Å². The first-order valence-electron chi connectivity index (χ1n) is 12.8. The van der Waals surface area contributed by atoms with Gasteiger partial charge in [-0.05, 0) is 62.3 Å². The normalized spacial score (nSPS) is 25.8. The minimum absolute atomic E-state index is 0.133. The number of hydrogen-bond donors (Lipinski definition) is 0. The quantitative estimate of drug-likeness (QED) is 0.265. The Bertz CT molecular complexity index is 884. The first kappa shape index (κ1) is 23.9. The molecule has 0 N–H and O–H groups in total. The summed E-state index contributed by atoms with van der Waals surface area (Å²) >= 11 is 0. The maximum Gasteiger partial charge on any atom is 0.129 e. The van der Waals surface area contributed by atoms with E-state index in [1.807, 2.05) is 0 Å². The van der Waals surface area contributed by atoms with Gasteiger partial charge in [-0.3, -0.25) is 0 Å². The number of benzene rings is 1. The highest BCUT2D eigenvalue weighted by Gasteiger charge is 2.46. The highest BCUT2D eigenvalue weighted by Crippen LogP contribution is 2.54. The van der Waals surface area contributed by atoms with Crippen molar-refractivity contribution in [2.75, 3.05) is 20.3 Å². The molecule has 0 aromatic heterocycles. The molecule has 3 aliphatic rings. The lowest BCUT2D eigenvalue weighted by Gasteiger charge is -2.40. The van der Waals surface area contributed by atoms with Crippen molar-refractivity contribution in [1.29, 1.82) is 0 Å². The van der Waals surface area contributed by atoms with Gasteiger partial charge in [0, 0.05) is 30.1 Å². The van der Waals surface area contributed by atoms with Gasteiger partial charge in [-0.1, -0.05) is 44.9 Å². The number of fused-ring (bicyclic) bond motifs is 3. The average Bonchev–Trinajstić information content (AvgIpc) is 3.21. The Morgan fingerprint density at radius 3 is 2.55 bits per heavy atom. The molecule has 0 bridgehead atoms. The third-order valence-electron chi connectivity index (χ3n) is 7.15. The van der Waals surface area contributed by atoms with Crippen LogP contribution >= 0.6 is 0 Å². The van der Waals surface area contributed by atoms with Crippen LogP contribution in [0.25, 0.3) is 0 Å². The zero-order chi connectivity index (χ0) is 23.2. The Kier molecular flexibility index (Phi) is 8.19. The summed E-state index contributed by atoms with van der Waals surface area (Å²) in [6, 6.07) is 4.32. The van der Waals surface area contributed by atoms with Gasteiger partial charge in [-0.15, -0.1) is 0 Å². The number of rotatable bonds is 11. The molecule has 1 fully saturated rings. The fraction of sp³-hybridized carbons (Fsp3) is 0.586. The van der Waals surface area contributed by atoms with Crippen LogP contribution in [0.5, 0.6) is 11.5 Å². The van der Waals surface area contributed by atoms with Crippen molar-refractivity contribution in [2.45, 2.75) is 77.4 Å². The van der Waals surface area contributed by atoms with Crippen molar-refractivity contribution in [2.24, 2.45) is 11.8 Å². The largest absolute Gasteiger partial charge is 0.494 e. The van der Waals surface area contributed by atoms with E-state index in [1.165, 1.54) is 11.1 Å². The molecule has 1 heterocycles. The van der Waals surface area contributed by atoms with Gasteiger partial charge in [0.15, 0.2) is 0 Å². The summed E-state index contributed by atoms with van der Waals surface area (Å²) < 4.78 is 24.4. The zero-order valence-electron chi connectivity index (χ0n) is 20.6. The second-order valence-corrected chi connectivity index (χ2v) is 9.71. The van der Waals surface area contributed by atoms with E-state index in [-0.39, 0.29) is 6.10 Å². The molecule has 1 aromatic carbocycles. The molecule has 4 atom stereocenters. The molecule has 180 valence electrons. The Balaban J connectivity index is 1.58. The summed E-state index contributed by atoms with van der Waals surface area (Å²) in [5.74, 6) is 4.14. The van der Waals surface area contributed by atoms with Crippen molar-refractivity contribution >= 4 is 0 Å². The molecule has 4 heteroatoms. The van der Waals surface area contributed by atoms with Gasteiger partial charge in [-0.2, -0.15) is 0 Å². The third kappa shape index (κ3) is 5.48. The SMILES string of the molecule is C=C1C[C@H]2[C@@H](C1)c1cc(OCCCC)cc(COC)c1O[C@H]2C1C=CC(OCCCC)=CC1. The van der Waals surface area contributed by atoms with Crippen LogP contribution in [0.4, 0.5) is 0 Å². The molecule has 33 heavy (non-hydrogen) atoms. The van der Waals surface area contributed by atoms with Gasteiger partial charge in [0.2, 0.25) is 0 Å². The summed E-state index contributed by atoms with van der Waals surface area (Å²) in [5.41, 5.74) is 3.69. The molecule has 4 nitrogen and oxygen atoms in total. The highest BCUT2D eigenvalue weighted by molar-refractivity contribution is 5.52. The van der Waals surface area contributed by atoms with E-state index in [1.54, 1.807) is 7.11 Å². The molecule has 1 aromatic rings. The second-order valence-electron chi connectivity index (χ2n) is 9.71. The average molecular weight is 453 g/mol. The van der Waals surface area contributed by atoms with Crippen LogP contribution in [0, 0.1) is 11.8 Å². The summed E-state index contributed by atoms with van der Waals surface area (Å²) in [6.45, 7) is 10.8. The van der Waals surface area contributed by atoms with Crippen LogP contribution in [-0.4, -0.2) is 26.4 Å². The number of ether oxygens (including phenoxy) is 4. The van der Waals surface area contributed by atoms with Crippen molar-refractivity contribution in [1.82, 2.24) is 0 Å². The molecule has 0 spiro atoms. The number of methoxy groups -OCH3 is 1. The van der Waals surface area contributed by atoms with E-state index < -0.39 is 0 Å². The van der Waals surface area contributed by atoms with Crippen LogP contribution in [0.1, 0.15) is 75.8 Å². The predicted molar refractivity (Wildman–Crippen MR) is 133 cm³/mol. The van der Waals surface area contributed by atoms with Crippen LogP contribution in [0.2, 0.25) is 0 Å². The molecule has 1 unspecified atom stereocenters. The van der Waals surface area contributed by atoms with E-state index in [9.17, 15) is 0 Å². The van der Waals surface area contributed by atoms with Gasteiger partial charge in [0.1, 0.15) is 23.4 Å². The topological polar surface area (TPSA) is 36.9 Å². The zero-order valence-corrected chi connectivity index (χ0v) is 20.6. The minimum atomic E-state index is 0.133. The predicted octanol–water partition coefficient (Wildman–Crippen LogP) is 7.10. The molecule has 2 aliphatic carbocycles. The molecular formula is C29H40O4. The van der Waals surface area contributed by atoms with Gasteiger partial charge in [0.25, 0.3) is 0 Å². The maximum absolute atomic E-state index is 6.83. The first-order chi connectivity index (χ1) is 16.1. The number of hydrogen-bond acceptors (Lipinski definition) is 4. The standard InChI is InChI=1S/C29H40O4/c1-5-7-13-31-23-11-9-21(10-12-23)28-26-16-20(3)15-25(26)27-18-24(32-14-8-6-2)17-22(19-30-4)29(27)33-28/h9,11-12,17-18,21,25-26,28H,3,5-8,10,13-16,19H2,1-2,4H3/t21?,25-,26+,28+/m1/s1. The number of allylic oxidation sites excluding steroid dienone is 3. The number of unbranched alkanes of at least 4 members (excludes halogenated alkanes) is 2. The molecular weight excluding hydrogens is 412 g/mol. The van der Waals surface area contributed by atoms with Gasteiger partial charge in [0.05, 0.1) is 19.8 Å². The van der Waals surface area contributed by atoms with E-state index in [2.05, 4.69) is 50.8 Å². The first-order valence-corrected chi connectivity index (χ1v) is 12.8. The molecule has 0 saturated heterocycles. The van der Waals surface area contributed by atoms with Crippen LogP contribution < -0.4 is 9.47 Å². The molecule has 0 amide bonds. The van der Waals surface area contributed by atoms with Gasteiger partial charge >= 0.3 is 0 Å². The summed E-state index contributed by atoms with van der Waals surface area (Å²) in [4.78, 5) is 0. The molecule has 4 rings (SSSR count). The van der Waals surface area contributed by atoms with E-state index >= 15 is 0 Å². The fourth-order valence-electron chi connectivity index (χ4n) is 5.42. The smallest absolute Gasteiger partial charge is 0.129 e. The van der Waals surface area contributed by atoms with E-state index in [0.717, 1.165) is 81.0 Å². The van der Waals surface area contributed by atoms with Gasteiger partial charge < -0.3 is 18.9 Å². The third-order valence-corrected chi connectivity index (χ3v) is 7.15. The van der Waals surface area contributed by atoms with Crippen LogP contribution in [0.15, 0.2) is 48.3 Å². The lowest BCUT2D eigenvalue weighted by atomic mass is 9.76. The minimum Gasteiger partial charge on any atom is -0.494 e. The van der Waals surface area contributed by atoms with E-state index in [0.29, 0.717) is 24.4 Å². The van der Waals surface area contributed by atoms with Crippen LogP contribution in [-0.2, 0) is 16.1 Å². The highest BCUT2D eigenvalue weighted by atomic mass is 16.5. The summed E-state index contributed by atoms with van der Waals surface area (Å²) in [5, 5.41) is 0. The monoisotopic (exact) mass is 452 g/mol. The molecule has 1 aliphatic heterocycles. The maximum atomic E-state index is 6.83. The van der Waals surface area contributed by atoms with Gasteiger partial charge in [-0.25, -0.2) is 0 Å². The Labute approximate surface area is 199 Å².